The molecule has 1 atom stereocenters. The second kappa shape index (κ2) is 6.36. The summed E-state index contributed by atoms with van der Waals surface area (Å²) < 4.78 is 10.1. The number of nitrogens with zero attached hydrogens (tertiary/aromatic N) is 3. The lowest BCUT2D eigenvalue weighted by atomic mass is 10.3. The largest absolute Gasteiger partial charge is 0.481 e. The number of nitrogens with two attached hydrogens (primary N) is 1. The summed E-state index contributed by atoms with van der Waals surface area (Å²) in [5.74, 6) is 2.02. The van der Waals surface area contributed by atoms with Gasteiger partial charge in [-0.2, -0.15) is 4.98 Å². The van der Waals surface area contributed by atoms with Crippen LogP contribution in [0.4, 0.5) is 5.82 Å². The van der Waals surface area contributed by atoms with Gasteiger partial charge in [-0.05, 0) is 6.92 Å². The maximum Gasteiger partial charge on any atom is 0.218 e. The first-order chi connectivity index (χ1) is 8.06. The summed E-state index contributed by atoms with van der Waals surface area (Å²) in [6.45, 7) is 3.01. The molecular weight excluding hydrogens is 220 g/mol. The minimum absolute atomic E-state index is 0.0498. The van der Waals surface area contributed by atoms with E-state index in [4.69, 9.17) is 15.2 Å². The first-order valence-corrected chi connectivity index (χ1v) is 5.42. The number of aromatic nitrogens is 2. The summed E-state index contributed by atoms with van der Waals surface area (Å²) in [6, 6.07) is 1.73. The van der Waals surface area contributed by atoms with Crippen LogP contribution in [0.1, 0.15) is 5.82 Å². The van der Waals surface area contributed by atoms with Gasteiger partial charge in [0.1, 0.15) is 11.6 Å². The first kappa shape index (κ1) is 13.7. The maximum atomic E-state index is 5.89. The van der Waals surface area contributed by atoms with Crippen molar-refractivity contribution in [3.05, 3.63) is 11.9 Å². The van der Waals surface area contributed by atoms with E-state index in [1.165, 1.54) is 0 Å². The molecule has 2 N–H and O–H groups in total. The van der Waals surface area contributed by atoms with E-state index in [0.717, 1.165) is 5.82 Å². The molecule has 6 heteroatoms. The average Bonchev–Trinajstić information content (AvgIpc) is 2.28. The van der Waals surface area contributed by atoms with Gasteiger partial charge in [0, 0.05) is 32.8 Å². The zero-order valence-electron chi connectivity index (χ0n) is 10.8. The molecule has 1 aromatic rings. The third-order valence-corrected chi connectivity index (χ3v) is 2.29. The van der Waals surface area contributed by atoms with Crippen LogP contribution in [-0.4, -0.2) is 50.4 Å². The number of hydrogen-bond acceptors (Lipinski definition) is 6. The quantitative estimate of drug-likeness (QED) is 0.766. The molecule has 0 saturated heterocycles. The van der Waals surface area contributed by atoms with E-state index in [0.29, 0.717) is 24.9 Å². The van der Waals surface area contributed by atoms with Crippen LogP contribution < -0.4 is 15.4 Å². The molecule has 1 aromatic heterocycles. The normalized spacial score (nSPS) is 12.3. The molecule has 1 rings (SSSR count). The molecule has 0 aliphatic rings. The summed E-state index contributed by atoms with van der Waals surface area (Å²) in [6.07, 6.45) is 0. The Morgan fingerprint density at radius 3 is 2.71 bits per heavy atom. The van der Waals surface area contributed by atoms with Crippen molar-refractivity contribution < 1.29 is 9.47 Å². The van der Waals surface area contributed by atoms with Crippen molar-refractivity contribution in [3.8, 4) is 5.88 Å². The van der Waals surface area contributed by atoms with Crippen LogP contribution in [0, 0.1) is 6.92 Å². The van der Waals surface area contributed by atoms with E-state index in [-0.39, 0.29) is 6.04 Å². The summed E-state index contributed by atoms with van der Waals surface area (Å²) in [4.78, 5) is 10.4. The highest BCUT2D eigenvalue weighted by atomic mass is 16.5. The molecule has 0 saturated carbocycles. The predicted octanol–water partition coefficient (Wildman–Crippen LogP) is 0.204. The number of likely N-dealkylation sites (N-methyl/N-ethyl adjacent to an activating group) is 1. The number of methoxy groups -OCH3 is 2. The number of anilines is 1. The second-order valence-corrected chi connectivity index (χ2v) is 3.91. The highest BCUT2D eigenvalue weighted by Crippen LogP contribution is 2.15. The summed E-state index contributed by atoms with van der Waals surface area (Å²) in [5, 5.41) is 0. The van der Waals surface area contributed by atoms with Crippen molar-refractivity contribution >= 4 is 5.82 Å². The van der Waals surface area contributed by atoms with Crippen LogP contribution in [0.2, 0.25) is 0 Å². The molecular formula is C11H20N4O2. The molecule has 0 amide bonds. The molecule has 0 radical (unpaired) electrons. The molecule has 1 unspecified atom stereocenters. The molecule has 0 aromatic carbocycles. The standard InChI is InChI=1S/C11H20N4O2/c1-8-13-10(5-11(14-8)17-4)15(2)6-9(12)7-16-3/h5,9H,6-7,12H2,1-4H3. The molecule has 0 aliphatic carbocycles. The van der Waals surface area contributed by atoms with Gasteiger partial charge in [0.15, 0.2) is 0 Å². The Labute approximate surface area is 102 Å². The Balaban J connectivity index is 2.74. The third kappa shape index (κ3) is 4.16. The topological polar surface area (TPSA) is 73.5 Å². The Kier molecular flexibility index (Phi) is 5.11. The number of ether oxygens (including phenoxy) is 2. The van der Waals surface area contributed by atoms with Gasteiger partial charge in [-0.1, -0.05) is 0 Å². The van der Waals surface area contributed by atoms with E-state index >= 15 is 0 Å². The van der Waals surface area contributed by atoms with Crippen molar-refractivity contribution in [2.24, 2.45) is 5.73 Å². The van der Waals surface area contributed by atoms with Crippen LogP contribution >= 0.6 is 0 Å². The first-order valence-electron chi connectivity index (χ1n) is 5.42. The number of aryl methyl sites for hydroxylation is 1. The van der Waals surface area contributed by atoms with E-state index in [1.807, 2.05) is 18.9 Å². The van der Waals surface area contributed by atoms with Crippen molar-refractivity contribution in [1.29, 1.82) is 0 Å². The van der Waals surface area contributed by atoms with E-state index in [1.54, 1.807) is 20.3 Å². The number of rotatable bonds is 6. The van der Waals surface area contributed by atoms with Gasteiger partial charge in [0.2, 0.25) is 5.88 Å². The number of hydrogen-bond donors (Lipinski definition) is 1. The van der Waals surface area contributed by atoms with Gasteiger partial charge in [0.25, 0.3) is 0 Å². The second-order valence-electron chi connectivity index (χ2n) is 3.91. The smallest absolute Gasteiger partial charge is 0.218 e. The lowest BCUT2D eigenvalue weighted by Crippen LogP contribution is -2.38. The summed E-state index contributed by atoms with van der Waals surface area (Å²) >= 11 is 0. The van der Waals surface area contributed by atoms with Crippen LogP contribution in [0.5, 0.6) is 5.88 Å². The minimum atomic E-state index is -0.0498. The van der Waals surface area contributed by atoms with E-state index in [2.05, 4.69) is 9.97 Å². The fraction of sp³-hybridized carbons (Fsp3) is 0.636. The van der Waals surface area contributed by atoms with Crippen molar-refractivity contribution in [1.82, 2.24) is 9.97 Å². The Morgan fingerprint density at radius 2 is 2.12 bits per heavy atom. The molecule has 0 aliphatic heterocycles. The Morgan fingerprint density at radius 1 is 1.41 bits per heavy atom. The van der Waals surface area contributed by atoms with Crippen LogP contribution in [0.3, 0.4) is 0 Å². The molecule has 17 heavy (non-hydrogen) atoms. The Hall–Kier alpha value is -1.40. The van der Waals surface area contributed by atoms with Gasteiger partial charge >= 0.3 is 0 Å². The van der Waals surface area contributed by atoms with Gasteiger partial charge in [-0.3, -0.25) is 0 Å². The summed E-state index contributed by atoms with van der Waals surface area (Å²) in [5.41, 5.74) is 5.89. The van der Waals surface area contributed by atoms with Crippen molar-refractivity contribution in [2.45, 2.75) is 13.0 Å². The highest BCUT2D eigenvalue weighted by Gasteiger charge is 2.10. The molecule has 1 heterocycles. The maximum absolute atomic E-state index is 5.89. The Bertz CT molecular complexity index is 359. The van der Waals surface area contributed by atoms with Crippen molar-refractivity contribution in [3.63, 3.8) is 0 Å². The summed E-state index contributed by atoms with van der Waals surface area (Å²) in [7, 11) is 5.15. The fourth-order valence-corrected chi connectivity index (χ4v) is 1.54. The zero-order valence-corrected chi connectivity index (χ0v) is 10.8. The highest BCUT2D eigenvalue weighted by molar-refractivity contribution is 5.41. The van der Waals surface area contributed by atoms with Gasteiger partial charge in [-0.15, -0.1) is 0 Å². The molecule has 6 nitrogen and oxygen atoms in total. The van der Waals surface area contributed by atoms with Gasteiger partial charge in [-0.25, -0.2) is 4.98 Å². The van der Waals surface area contributed by atoms with Gasteiger partial charge < -0.3 is 20.1 Å². The lowest BCUT2D eigenvalue weighted by Gasteiger charge is -2.22. The van der Waals surface area contributed by atoms with E-state index in [9.17, 15) is 0 Å². The van der Waals surface area contributed by atoms with Crippen LogP contribution in [0.25, 0.3) is 0 Å². The monoisotopic (exact) mass is 240 g/mol. The minimum Gasteiger partial charge on any atom is -0.481 e. The zero-order chi connectivity index (χ0) is 12.8. The SMILES string of the molecule is COCC(N)CN(C)c1cc(OC)nc(C)n1. The average molecular weight is 240 g/mol. The molecule has 96 valence electrons. The van der Waals surface area contributed by atoms with Crippen molar-refractivity contribution in [2.75, 3.05) is 39.3 Å². The van der Waals surface area contributed by atoms with Crippen LogP contribution in [0.15, 0.2) is 6.07 Å². The van der Waals surface area contributed by atoms with E-state index < -0.39 is 0 Å². The lowest BCUT2D eigenvalue weighted by molar-refractivity contribution is 0.181. The third-order valence-electron chi connectivity index (χ3n) is 2.29. The fourth-order valence-electron chi connectivity index (χ4n) is 1.54. The predicted molar refractivity (Wildman–Crippen MR) is 66.4 cm³/mol. The molecule has 0 fully saturated rings. The van der Waals surface area contributed by atoms with Gasteiger partial charge in [0.05, 0.1) is 13.7 Å². The molecule has 0 spiro atoms. The van der Waals surface area contributed by atoms with Crippen LogP contribution in [-0.2, 0) is 4.74 Å². The molecule has 0 bridgehead atoms.